The first-order valence-corrected chi connectivity index (χ1v) is 10.1. The third-order valence-corrected chi connectivity index (χ3v) is 5.40. The van der Waals surface area contributed by atoms with Gasteiger partial charge in [-0.15, -0.1) is 11.3 Å². The Hall–Kier alpha value is -3.92. The number of anilines is 1. The molecule has 0 saturated carbocycles. The van der Waals surface area contributed by atoms with Crippen LogP contribution < -0.4 is 19.8 Å². The second kappa shape index (κ2) is 8.44. The SMILES string of the molecule is COc1ccccc1-[n+]1noc([O-])c1-c1csc(NCc2cccc(C(C)=O)c2O)n1. The summed E-state index contributed by atoms with van der Waals surface area (Å²) in [5, 5.41) is 31.8. The molecule has 0 saturated heterocycles. The highest BCUT2D eigenvalue weighted by Crippen LogP contribution is 2.30. The van der Waals surface area contributed by atoms with Crippen LogP contribution in [0.15, 0.2) is 52.4 Å². The molecule has 0 aliphatic carbocycles. The normalized spacial score (nSPS) is 10.8. The second-order valence-corrected chi connectivity index (χ2v) is 7.41. The fraction of sp³-hybridized carbons (Fsp3) is 0.143. The highest BCUT2D eigenvalue weighted by molar-refractivity contribution is 7.14. The number of hydrogen-bond acceptors (Lipinski definition) is 9. The third-order valence-electron chi connectivity index (χ3n) is 4.60. The summed E-state index contributed by atoms with van der Waals surface area (Å²) in [6.45, 7) is 1.65. The Labute approximate surface area is 181 Å². The van der Waals surface area contributed by atoms with E-state index in [9.17, 15) is 15.0 Å². The predicted molar refractivity (Wildman–Crippen MR) is 111 cm³/mol. The number of methoxy groups -OCH3 is 1. The molecule has 0 aliphatic rings. The molecule has 2 N–H and O–H groups in total. The molecular formula is C21H18N4O5S. The standard InChI is InChI=1S/C21H18N4O5S/c1-12(26)14-7-5-6-13(19(14)27)10-22-21-23-15(11-31-21)18-20(28)30-24-25(18)16-8-3-4-9-17(16)29-2/h3-9,11H,10H2,1-2H3,(H2-,22,23,24,26,27,28). The topological polar surface area (TPSA) is 124 Å². The van der Waals surface area contributed by atoms with Gasteiger partial charge in [0.1, 0.15) is 5.75 Å². The smallest absolute Gasteiger partial charge is 0.290 e. The molecule has 0 atom stereocenters. The first-order chi connectivity index (χ1) is 15.0. The molecule has 9 nitrogen and oxygen atoms in total. The van der Waals surface area contributed by atoms with E-state index >= 15 is 0 Å². The molecule has 4 aromatic rings. The summed E-state index contributed by atoms with van der Waals surface area (Å²) in [5.74, 6) is -0.382. The predicted octanol–water partition coefficient (Wildman–Crippen LogP) is 2.68. The molecule has 0 amide bonds. The van der Waals surface area contributed by atoms with E-state index in [1.807, 2.05) is 6.07 Å². The van der Waals surface area contributed by atoms with E-state index in [0.29, 0.717) is 27.8 Å². The van der Waals surface area contributed by atoms with Gasteiger partial charge in [-0.1, -0.05) is 24.3 Å². The maximum absolute atomic E-state index is 12.3. The zero-order valence-corrected chi connectivity index (χ0v) is 17.5. The molecule has 2 aromatic carbocycles. The highest BCUT2D eigenvalue weighted by atomic mass is 32.1. The van der Waals surface area contributed by atoms with Gasteiger partial charge in [-0.3, -0.25) is 4.79 Å². The van der Waals surface area contributed by atoms with Gasteiger partial charge in [0, 0.05) is 23.6 Å². The molecule has 0 unspecified atom stereocenters. The number of nitrogens with one attached hydrogen (secondary N) is 1. The fourth-order valence-corrected chi connectivity index (χ4v) is 3.78. The largest absolute Gasteiger partial charge is 0.539 e. The van der Waals surface area contributed by atoms with Gasteiger partial charge in [0.25, 0.3) is 11.4 Å². The van der Waals surface area contributed by atoms with E-state index in [2.05, 4.69) is 15.6 Å². The number of phenolic OH excluding ortho intramolecular Hbond substituents is 1. The Bertz CT molecular complexity index is 1250. The number of carbonyl (C=O) groups is 1. The Kier molecular flexibility index (Phi) is 5.54. The summed E-state index contributed by atoms with van der Waals surface area (Å²) in [5.41, 5.74) is 1.90. The van der Waals surface area contributed by atoms with E-state index in [-0.39, 0.29) is 29.3 Å². The van der Waals surface area contributed by atoms with Crippen molar-refractivity contribution in [3.05, 3.63) is 59.0 Å². The minimum absolute atomic E-state index is 0.0610. The van der Waals surface area contributed by atoms with Gasteiger partial charge in [-0.25, -0.2) is 4.98 Å². The zero-order valence-electron chi connectivity index (χ0n) is 16.7. The number of aromatic hydroxyl groups is 1. The van der Waals surface area contributed by atoms with Crippen molar-refractivity contribution in [2.45, 2.75) is 13.5 Å². The van der Waals surface area contributed by atoms with E-state index < -0.39 is 5.95 Å². The number of carbonyl (C=O) groups excluding carboxylic acids is 1. The molecular weight excluding hydrogens is 420 g/mol. The highest BCUT2D eigenvalue weighted by Gasteiger charge is 2.27. The number of nitrogens with zero attached hydrogens (tertiary/aromatic N) is 3. The van der Waals surface area contributed by atoms with Crippen molar-refractivity contribution in [3.8, 4) is 34.5 Å². The van der Waals surface area contributed by atoms with Crippen LogP contribution in [0, 0.1) is 0 Å². The average Bonchev–Trinajstić information content (AvgIpc) is 3.38. The van der Waals surface area contributed by atoms with Crippen LogP contribution >= 0.6 is 11.3 Å². The van der Waals surface area contributed by atoms with Crippen molar-refractivity contribution in [2.75, 3.05) is 12.4 Å². The fourth-order valence-electron chi connectivity index (χ4n) is 3.08. The van der Waals surface area contributed by atoms with Gasteiger partial charge in [0.2, 0.25) is 0 Å². The van der Waals surface area contributed by atoms with Crippen LogP contribution in [0.5, 0.6) is 17.4 Å². The van der Waals surface area contributed by atoms with Gasteiger partial charge in [-0.2, -0.15) is 0 Å². The first-order valence-electron chi connectivity index (χ1n) is 9.23. The summed E-state index contributed by atoms with van der Waals surface area (Å²) in [4.78, 5) is 16.1. The summed E-state index contributed by atoms with van der Waals surface area (Å²) >= 11 is 1.28. The molecule has 0 fully saturated rings. The number of thiazole rings is 1. The molecule has 0 aliphatic heterocycles. The van der Waals surface area contributed by atoms with Crippen molar-refractivity contribution >= 4 is 22.3 Å². The van der Waals surface area contributed by atoms with E-state index in [1.165, 1.54) is 30.1 Å². The van der Waals surface area contributed by atoms with Crippen molar-refractivity contribution in [3.63, 3.8) is 0 Å². The molecule has 158 valence electrons. The monoisotopic (exact) mass is 438 g/mol. The number of para-hydroxylation sites is 3. The number of rotatable bonds is 7. The van der Waals surface area contributed by atoms with Crippen molar-refractivity contribution in [2.24, 2.45) is 0 Å². The maximum atomic E-state index is 12.3. The van der Waals surface area contributed by atoms with Crippen LogP contribution in [0.3, 0.4) is 0 Å². The molecule has 4 rings (SSSR count). The molecule has 2 aromatic heterocycles. The van der Waals surface area contributed by atoms with Crippen LogP contribution in [0.1, 0.15) is 22.8 Å². The van der Waals surface area contributed by atoms with Crippen molar-refractivity contribution in [1.82, 2.24) is 10.3 Å². The lowest BCUT2D eigenvalue weighted by Crippen LogP contribution is -2.35. The summed E-state index contributed by atoms with van der Waals surface area (Å²) in [6, 6.07) is 12.1. The van der Waals surface area contributed by atoms with Gasteiger partial charge in [-0.05, 0) is 23.7 Å². The quantitative estimate of drug-likeness (QED) is 0.333. The number of aromatic nitrogens is 3. The lowest BCUT2D eigenvalue weighted by molar-refractivity contribution is -0.660. The van der Waals surface area contributed by atoms with Crippen LogP contribution in [-0.4, -0.2) is 28.3 Å². The Balaban J connectivity index is 1.60. The summed E-state index contributed by atoms with van der Waals surface area (Å²) < 4.78 is 11.6. The lowest BCUT2D eigenvalue weighted by Gasteiger charge is -2.08. The van der Waals surface area contributed by atoms with Gasteiger partial charge in [0.15, 0.2) is 28.3 Å². The molecule has 0 bridgehead atoms. The van der Waals surface area contributed by atoms with E-state index in [1.54, 1.807) is 41.8 Å². The second-order valence-electron chi connectivity index (χ2n) is 6.55. The summed E-state index contributed by atoms with van der Waals surface area (Å²) in [6.07, 6.45) is 0. The molecule has 10 heteroatoms. The zero-order chi connectivity index (χ0) is 22.0. The number of benzene rings is 2. The van der Waals surface area contributed by atoms with E-state index in [0.717, 1.165) is 0 Å². The van der Waals surface area contributed by atoms with Crippen LogP contribution in [-0.2, 0) is 6.54 Å². The van der Waals surface area contributed by atoms with Gasteiger partial charge in [0.05, 0.1) is 17.9 Å². The average molecular weight is 438 g/mol. The number of ether oxygens (including phenoxy) is 1. The van der Waals surface area contributed by atoms with Crippen molar-refractivity contribution < 1.29 is 28.9 Å². The lowest BCUT2D eigenvalue weighted by atomic mass is 10.1. The molecule has 31 heavy (non-hydrogen) atoms. The number of Topliss-reactive ketones (excluding diaryl/α,β-unsaturated/α-hetero) is 1. The van der Waals surface area contributed by atoms with Crippen molar-refractivity contribution in [1.29, 1.82) is 0 Å². The van der Waals surface area contributed by atoms with Gasteiger partial charge < -0.3 is 24.8 Å². The van der Waals surface area contributed by atoms with Gasteiger partial charge >= 0.3 is 0 Å². The Morgan fingerprint density at radius 1 is 1.29 bits per heavy atom. The summed E-state index contributed by atoms with van der Waals surface area (Å²) in [7, 11) is 1.53. The molecule has 0 radical (unpaired) electrons. The minimum atomic E-state index is -0.630. The molecule has 2 heterocycles. The minimum Gasteiger partial charge on any atom is -0.539 e. The van der Waals surface area contributed by atoms with Crippen LogP contribution in [0.4, 0.5) is 5.13 Å². The van der Waals surface area contributed by atoms with E-state index in [4.69, 9.17) is 9.26 Å². The number of phenols is 1. The Morgan fingerprint density at radius 2 is 2.10 bits per heavy atom. The first kappa shape index (κ1) is 20.4. The number of ketones is 1. The van der Waals surface area contributed by atoms with Crippen LogP contribution in [0.25, 0.3) is 17.1 Å². The third kappa shape index (κ3) is 3.92. The maximum Gasteiger partial charge on any atom is 0.290 e. The van der Waals surface area contributed by atoms with Crippen LogP contribution in [0.2, 0.25) is 0 Å². The Morgan fingerprint density at radius 3 is 2.87 bits per heavy atom. The molecule has 0 spiro atoms. The number of hydrogen-bond donors (Lipinski definition) is 2.